The molecule has 0 heterocycles. The number of halogens is 1. The van der Waals surface area contributed by atoms with Gasteiger partial charge in [0, 0.05) is 12.1 Å². The second-order valence-electron chi connectivity index (χ2n) is 6.82. The Bertz CT molecular complexity index is 1210. The zero-order valence-electron chi connectivity index (χ0n) is 17.6. The van der Waals surface area contributed by atoms with Crippen LogP contribution >= 0.6 is 0 Å². The monoisotopic (exact) mass is 460 g/mol. The van der Waals surface area contributed by atoms with Crippen molar-refractivity contribution in [3.05, 3.63) is 88.2 Å². The number of anilines is 1. The molecule has 32 heavy (non-hydrogen) atoms. The Morgan fingerprint density at radius 3 is 2.06 bits per heavy atom. The van der Waals surface area contributed by atoms with Crippen molar-refractivity contribution >= 4 is 21.4 Å². The van der Waals surface area contributed by atoms with Crippen molar-refractivity contribution in [1.29, 1.82) is 0 Å². The van der Waals surface area contributed by atoms with Gasteiger partial charge in [0.2, 0.25) is 0 Å². The van der Waals surface area contributed by atoms with Gasteiger partial charge in [-0.2, -0.15) is 0 Å². The molecule has 0 bridgehead atoms. The van der Waals surface area contributed by atoms with Gasteiger partial charge < -0.3 is 9.47 Å². The first-order valence-corrected chi connectivity index (χ1v) is 10.9. The molecule has 10 heteroatoms. The van der Waals surface area contributed by atoms with Gasteiger partial charge in [-0.3, -0.25) is 14.4 Å². The summed E-state index contributed by atoms with van der Waals surface area (Å²) in [6.07, 6.45) is 0. The first-order valence-electron chi connectivity index (χ1n) is 9.45. The van der Waals surface area contributed by atoms with Crippen molar-refractivity contribution in [3.8, 4) is 11.5 Å². The number of hydrogen-bond acceptors (Lipinski definition) is 6. The lowest BCUT2D eigenvalue weighted by molar-refractivity contribution is -0.384. The normalized spacial score (nSPS) is 12.1. The van der Waals surface area contributed by atoms with Crippen LogP contribution in [0.25, 0.3) is 0 Å². The van der Waals surface area contributed by atoms with Crippen molar-refractivity contribution in [2.75, 3.05) is 18.5 Å². The zero-order chi connectivity index (χ0) is 23.5. The average molecular weight is 460 g/mol. The summed E-state index contributed by atoms with van der Waals surface area (Å²) in [7, 11) is -1.22. The van der Waals surface area contributed by atoms with Crippen LogP contribution in [0.3, 0.4) is 0 Å². The lowest BCUT2D eigenvalue weighted by Gasteiger charge is -2.31. The van der Waals surface area contributed by atoms with Crippen LogP contribution in [0.15, 0.2) is 71.6 Å². The van der Waals surface area contributed by atoms with E-state index in [2.05, 4.69) is 0 Å². The quantitative estimate of drug-likeness (QED) is 0.357. The number of nitro benzene ring substituents is 1. The molecule has 3 aromatic carbocycles. The third-order valence-corrected chi connectivity index (χ3v) is 6.84. The molecule has 3 rings (SSSR count). The van der Waals surface area contributed by atoms with Gasteiger partial charge in [-0.25, -0.2) is 12.8 Å². The highest BCUT2D eigenvalue weighted by molar-refractivity contribution is 7.92. The van der Waals surface area contributed by atoms with E-state index in [0.29, 0.717) is 17.1 Å². The molecular formula is C22H21FN2O6S. The highest BCUT2D eigenvalue weighted by Crippen LogP contribution is 2.37. The molecule has 8 nitrogen and oxygen atoms in total. The van der Waals surface area contributed by atoms with Gasteiger partial charge in [-0.05, 0) is 61.0 Å². The maximum absolute atomic E-state index is 13.6. The van der Waals surface area contributed by atoms with Gasteiger partial charge in [0.15, 0.2) is 11.5 Å². The summed E-state index contributed by atoms with van der Waals surface area (Å²) in [6.45, 7) is 1.67. The number of hydrogen-bond donors (Lipinski definition) is 0. The topological polar surface area (TPSA) is 99.0 Å². The van der Waals surface area contributed by atoms with Gasteiger partial charge in [0.1, 0.15) is 5.82 Å². The highest BCUT2D eigenvalue weighted by atomic mass is 32.2. The predicted octanol–water partition coefficient (Wildman–Crippen LogP) is 4.71. The Hall–Kier alpha value is -3.66. The Kier molecular flexibility index (Phi) is 6.64. The summed E-state index contributed by atoms with van der Waals surface area (Å²) < 4.78 is 52.4. The van der Waals surface area contributed by atoms with Crippen LogP contribution in [0.4, 0.5) is 15.8 Å². The molecule has 0 spiro atoms. The fourth-order valence-corrected chi connectivity index (χ4v) is 4.90. The van der Waals surface area contributed by atoms with E-state index in [1.54, 1.807) is 25.1 Å². The first-order chi connectivity index (χ1) is 15.2. The van der Waals surface area contributed by atoms with Crippen LogP contribution < -0.4 is 13.8 Å². The summed E-state index contributed by atoms with van der Waals surface area (Å²) in [4.78, 5) is 10.2. The Labute approximate surface area is 185 Å². The SMILES string of the molecule is COc1ccc([C@@H](C)N(c2ccc(F)cc2)S(=O)(=O)c2ccc([N+](=O)[O-])cc2)cc1OC. The van der Waals surface area contributed by atoms with E-state index in [1.807, 2.05) is 0 Å². The maximum atomic E-state index is 13.6. The average Bonchev–Trinajstić information content (AvgIpc) is 2.79. The molecule has 3 aromatic rings. The van der Waals surface area contributed by atoms with Crippen molar-refractivity contribution in [2.45, 2.75) is 17.9 Å². The number of sulfonamides is 1. The van der Waals surface area contributed by atoms with E-state index in [-0.39, 0.29) is 16.3 Å². The van der Waals surface area contributed by atoms with Crippen LogP contribution in [-0.2, 0) is 10.0 Å². The number of rotatable bonds is 8. The fourth-order valence-electron chi connectivity index (χ4n) is 3.26. The number of benzene rings is 3. The second kappa shape index (κ2) is 9.23. The lowest BCUT2D eigenvalue weighted by atomic mass is 10.1. The number of nitro groups is 1. The predicted molar refractivity (Wildman–Crippen MR) is 117 cm³/mol. The summed E-state index contributed by atoms with van der Waals surface area (Å²) in [5.74, 6) is 0.388. The van der Waals surface area contributed by atoms with E-state index in [9.17, 15) is 22.9 Å². The van der Waals surface area contributed by atoms with E-state index in [4.69, 9.17) is 9.47 Å². The smallest absolute Gasteiger partial charge is 0.269 e. The number of nitrogens with zero attached hydrogens (tertiary/aromatic N) is 2. The third kappa shape index (κ3) is 4.50. The van der Waals surface area contributed by atoms with Crippen molar-refractivity contribution < 1.29 is 27.2 Å². The summed E-state index contributed by atoms with van der Waals surface area (Å²) in [6, 6.07) is 13.9. The maximum Gasteiger partial charge on any atom is 0.269 e. The Morgan fingerprint density at radius 1 is 0.938 bits per heavy atom. The molecule has 0 saturated heterocycles. The van der Waals surface area contributed by atoms with Crippen LogP contribution in [0.1, 0.15) is 18.5 Å². The summed E-state index contributed by atoms with van der Waals surface area (Å²) >= 11 is 0. The van der Waals surface area contributed by atoms with Crippen molar-refractivity contribution in [1.82, 2.24) is 0 Å². The largest absolute Gasteiger partial charge is 0.493 e. The van der Waals surface area contributed by atoms with Gasteiger partial charge >= 0.3 is 0 Å². The third-order valence-electron chi connectivity index (χ3n) is 4.93. The first kappa shape index (κ1) is 23.0. The highest BCUT2D eigenvalue weighted by Gasteiger charge is 2.31. The van der Waals surface area contributed by atoms with E-state index in [1.165, 1.54) is 38.5 Å². The van der Waals surface area contributed by atoms with Crippen molar-refractivity contribution in [3.63, 3.8) is 0 Å². The molecule has 0 N–H and O–H groups in total. The van der Waals surface area contributed by atoms with Gasteiger partial charge in [0.05, 0.1) is 35.8 Å². The fraction of sp³-hybridized carbons (Fsp3) is 0.182. The molecule has 168 valence electrons. The molecule has 1 atom stereocenters. The molecule has 0 unspecified atom stereocenters. The summed E-state index contributed by atoms with van der Waals surface area (Å²) in [5, 5.41) is 10.9. The molecule has 0 radical (unpaired) electrons. The molecule has 0 aliphatic heterocycles. The standard InChI is InChI=1S/C22H21FN2O6S/c1-15(16-4-13-21(30-2)22(14-16)31-3)24(18-7-5-17(23)6-8-18)32(28,29)20-11-9-19(10-12-20)25(26)27/h4-15H,1-3H3/t15-/m1/s1. The van der Waals surface area contributed by atoms with Crippen LogP contribution in [-0.4, -0.2) is 27.6 Å². The molecular weight excluding hydrogens is 439 g/mol. The van der Waals surface area contributed by atoms with E-state index >= 15 is 0 Å². The van der Waals surface area contributed by atoms with E-state index in [0.717, 1.165) is 28.6 Å². The molecule has 0 fully saturated rings. The molecule has 0 aromatic heterocycles. The zero-order valence-corrected chi connectivity index (χ0v) is 18.4. The molecule has 0 saturated carbocycles. The number of ether oxygens (including phenoxy) is 2. The van der Waals surface area contributed by atoms with Gasteiger partial charge in [-0.15, -0.1) is 0 Å². The minimum atomic E-state index is -4.18. The molecule has 0 amide bonds. The second-order valence-corrected chi connectivity index (χ2v) is 8.63. The molecule has 0 aliphatic carbocycles. The Balaban J connectivity index is 2.13. The van der Waals surface area contributed by atoms with Gasteiger partial charge in [0.25, 0.3) is 15.7 Å². The Morgan fingerprint density at radius 2 is 1.53 bits per heavy atom. The van der Waals surface area contributed by atoms with Gasteiger partial charge in [-0.1, -0.05) is 6.07 Å². The molecule has 0 aliphatic rings. The van der Waals surface area contributed by atoms with Crippen LogP contribution in [0.5, 0.6) is 11.5 Å². The number of methoxy groups -OCH3 is 2. The minimum absolute atomic E-state index is 0.139. The minimum Gasteiger partial charge on any atom is -0.493 e. The van der Waals surface area contributed by atoms with Crippen molar-refractivity contribution in [2.24, 2.45) is 0 Å². The van der Waals surface area contributed by atoms with Crippen LogP contribution in [0, 0.1) is 15.9 Å². The lowest BCUT2D eigenvalue weighted by Crippen LogP contribution is -2.33. The summed E-state index contributed by atoms with van der Waals surface area (Å²) in [5.41, 5.74) is 0.592. The number of non-ortho nitro benzene ring substituents is 1. The van der Waals surface area contributed by atoms with E-state index < -0.39 is 26.8 Å². The van der Waals surface area contributed by atoms with Crippen LogP contribution in [0.2, 0.25) is 0 Å².